The summed E-state index contributed by atoms with van der Waals surface area (Å²) >= 11 is 0. The number of hydrogen-bond acceptors (Lipinski definition) is 5. The van der Waals surface area contributed by atoms with Crippen LogP contribution in [0.2, 0.25) is 0 Å². The van der Waals surface area contributed by atoms with E-state index in [0.717, 1.165) is 0 Å². The molecule has 8 nitrogen and oxygen atoms in total. The molecule has 1 aliphatic heterocycles. The normalized spacial score (nSPS) is 16.0. The highest BCUT2D eigenvalue weighted by Crippen LogP contribution is 2.19. The van der Waals surface area contributed by atoms with Gasteiger partial charge in [0.25, 0.3) is 0 Å². The summed E-state index contributed by atoms with van der Waals surface area (Å²) in [5, 5.41) is 4.21. The predicted octanol–water partition coefficient (Wildman–Crippen LogP) is 1.31. The Bertz CT molecular complexity index is 749. The van der Waals surface area contributed by atoms with Crippen LogP contribution >= 0.6 is 0 Å². The molecule has 3 heterocycles. The maximum Gasteiger partial charge on any atom is 0.410 e. The van der Waals surface area contributed by atoms with Crippen LogP contribution in [0.25, 0.3) is 5.65 Å². The van der Waals surface area contributed by atoms with Crippen LogP contribution in [0.5, 0.6) is 0 Å². The smallest absolute Gasteiger partial charge is 0.410 e. The molecule has 0 bridgehead atoms. The van der Waals surface area contributed by atoms with Crippen LogP contribution in [0.15, 0.2) is 24.5 Å². The van der Waals surface area contributed by atoms with Gasteiger partial charge in [0.2, 0.25) is 5.91 Å². The Hall–Kier alpha value is -2.64. The number of piperazine rings is 1. The number of carbonyl (C=O) groups is 2. The van der Waals surface area contributed by atoms with Gasteiger partial charge in [-0.1, -0.05) is 0 Å². The molecule has 1 aliphatic rings. The van der Waals surface area contributed by atoms with E-state index >= 15 is 0 Å². The molecule has 0 aromatic carbocycles. The zero-order chi connectivity index (χ0) is 16.6. The summed E-state index contributed by atoms with van der Waals surface area (Å²) in [5.41, 5.74) is 0.0907. The van der Waals surface area contributed by atoms with E-state index in [1.165, 1.54) is 4.90 Å². The van der Waals surface area contributed by atoms with Gasteiger partial charge in [-0.2, -0.15) is 9.61 Å². The highest BCUT2D eigenvalue weighted by atomic mass is 16.6. The number of fused-ring (bicyclic) bond motifs is 1. The van der Waals surface area contributed by atoms with Crippen molar-refractivity contribution in [2.75, 3.05) is 24.5 Å². The first-order valence-corrected chi connectivity index (χ1v) is 7.42. The van der Waals surface area contributed by atoms with Gasteiger partial charge < -0.3 is 4.74 Å². The van der Waals surface area contributed by atoms with Crippen LogP contribution in [0.3, 0.4) is 0 Å². The summed E-state index contributed by atoms with van der Waals surface area (Å²) in [4.78, 5) is 31.7. The number of ether oxygens (including phenoxy) is 1. The monoisotopic (exact) mass is 317 g/mol. The molecule has 23 heavy (non-hydrogen) atoms. The highest BCUT2D eigenvalue weighted by Gasteiger charge is 2.32. The lowest BCUT2D eigenvalue weighted by Crippen LogP contribution is -2.53. The minimum Gasteiger partial charge on any atom is -0.444 e. The van der Waals surface area contributed by atoms with Gasteiger partial charge in [0.15, 0.2) is 11.5 Å². The molecule has 0 unspecified atom stereocenters. The van der Waals surface area contributed by atoms with Crippen LogP contribution in [-0.2, 0) is 9.53 Å². The van der Waals surface area contributed by atoms with E-state index < -0.39 is 11.7 Å². The van der Waals surface area contributed by atoms with Crippen LogP contribution < -0.4 is 4.90 Å². The number of anilines is 1. The van der Waals surface area contributed by atoms with E-state index in [1.54, 1.807) is 48.6 Å². The zero-order valence-electron chi connectivity index (χ0n) is 13.4. The largest absolute Gasteiger partial charge is 0.444 e. The van der Waals surface area contributed by atoms with Gasteiger partial charge in [0, 0.05) is 19.3 Å². The van der Waals surface area contributed by atoms with Crippen molar-refractivity contribution in [1.82, 2.24) is 19.5 Å². The van der Waals surface area contributed by atoms with Gasteiger partial charge in [-0.05, 0) is 32.9 Å². The Morgan fingerprint density at radius 3 is 2.78 bits per heavy atom. The third kappa shape index (κ3) is 3.10. The number of imidazole rings is 1. The lowest BCUT2D eigenvalue weighted by Gasteiger charge is -2.34. The summed E-state index contributed by atoms with van der Waals surface area (Å²) in [6.45, 7) is 6.16. The molecule has 3 rings (SSSR count). The molecule has 0 radical (unpaired) electrons. The third-order valence-electron chi connectivity index (χ3n) is 3.41. The Labute approximate surface area is 133 Å². The second-order valence-corrected chi connectivity index (χ2v) is 6.36. The SMILES string of the molecule is CC(C)(C)OC(=O)N1CCN(c2cnc3cccnn23)C(=O)C1. The van der Waals surface area contributed by atoms with Gasteiger partial charge in [0.05, 0.1) is 6.20 Å². The molecule has 0 atom stereocenters. The fourth-order valence-electron chi connectivity index (χ4n) is 2.40. The molecule has 8 heteroatoms. The highest BCUT2D eigenvalue weighted by molar-refractivity contribution is 5.96. The van der Waals surface area contributed by atoms with Crippen LogP contribution in [0.4, 0.5) is 10.6 Å². The summed E-state index contributed by atoms with van der Waals surface area (Å²) < 4.78 is 6.92. The number of nitrogens with zero attached hydrogens (tertiary/aromatic N) is 5. The Balaban J connectivity index is 1.74. The molecular formula is C15H19N5O3. The summed E-state index contributed by atoms with van der Waals surface area (Å²) in [7, 11) is 0. The fraction of sp³-hybridized carbons (Fsp3) is 0.467. The van der Waals surface area contributed by atoms with Crippen molar-refractivity contribution in [3.8, 4) is 0 Å². The van der Waals surface area contributed by atoms with E-state index in [0.29, 0.717) is 24.6 Å². The number of rotatable bonds is 1. The van der Waals surface area contributed by atoms with Gasteiger partial charge >= 0.3 is 6.09 Å². The van der Waals surface area contributed by atoms with Gasteiger partial charge in [-0.25, -0.2) is 9.78 Å². The lowest BCUT2D eigenvalue weighted by molar-refractivity contribution is -0.121. The van der Waals surface area contributed by atoms with Gasteiger partial charge in [-0.15, -0.1) is 0 Å². The zero-order valence-corrected chi connectivity index (χ0v) is 13.4. The number of carbonyl (C=O) groups excluding carboxylic acids is 2. The van der Waals surface area contributed by atoms with Crippen molar-refractivity contribution in [3.05, 3.63) is 24.5 Å². The third-order valence-corrected chi connectivity index (χ3v) is 3.41. The first-order chi connectivity index (χ1) is 10.8. The van der Waals surface area contributed by atoms with Crippen molar-refractivity contribution in [3.63, 3.8) is 0 Å². The van der Waals surface area contributed by atoms with E-state index in [-0.39, 0.29) is 12.5 Å². The van der Waals surface area contributed by atoms with Crippen LogP contribution in [0, 0.1) is 0 Å². The van der Waals surface area contributed by atoms with Crippen molar-refractivity contribution >= 4 is 23.5 Å². The molecule has 0 N–H and O–H groups in total. The van der Waals surface area contributed by atoms with Crippen molar-refractivity contribution in [2.45, 2.75) is 26.4 Å². The first kappa shape index (κ1) is 15.3. The standard InChI is InChI=1S/C15H19N5O3/c1-15(2,3)23-14(22)18-7-8-19(13(21)10-18)12-9-16-11-5-4-6-17-20(11)12/h4-6,9H,7-8,10H2,1-3H3. The van der Waals surface area contributed by atoms with E-state index in [9.17, 15) is 9.59 Å². The second kappa shape index (κ2) is 5.53. The average Bonchev–Trinajstić information content (AvgIpc) is 2.89. The van der Waals surface area contributed by atoms with Gasteiger partial charge in [0.1, 0.15) is 12.1 Å². The molecule has 2 aromatic heterocycles. The predicted molar refractivity (Wildman–Crippen MR) is 83.1 cm³/mol. The second-order valence-electron chi connectivity index (χ2n) is 6.36. The first-order valence-electron chi connectivity index (χ1n) is 7.42. The molecule has 2 amide bonds. The number of amides is 2. The van der Waals surface area contributed by atoms with Crippen molar-refractivity contribution in [1.29, 1.82) is 0 Å². The average molecular weight is 317 g/mol. The summed E-state index contributed by atoms with van der Waals surface area (Å²) in [6.07, 6.45) is 2.78. The molecule has 1 saturated heterocycles. The molecular weight excluding hydrogens is 298 g/mol. The lowest BCUT2D eigenvalue weighted by atomic mass is 10.2. The fourth-order valence-corrected chi connectivity index (χ4v) is 2.40. The quantitative estimate of drug-likeness (QED) is 0.792. The number of aromatic nitrogens is 3. The van der Waals surface area contributed by atoms with Crippen molar-refractivity contribution < 1.29 is 14.3 Å². The molecule has 0 saturated carbocycles. The molecule has 122 valence electrons. The Kier molecular flexibility index (Phi) is 3.67. The van der Waals surface area contributed by atoms with Crippen molar-refractivity contribution in [2.24, 2.45) is 0 Å². The maximum atomic E-state index is 12.4. The summed E-state index contributed by atoms with van der Waals surface area (Å²) in [6, 6.07) is 3.60. The molecule has 0 aliphatic carbocycles. The Morgan fingerprint density at radius 1 is 1.30 bits per heavy atom. The summed E-state index contributed by atoms with van der Waals surface area (Å²) in [5.74, 6) is 0.420. The molecule has 2 aromatic rings. The van der Waals surface area contributed by atoms with E-state index in [1.807, 2.05) is 6.07 Å². The maximum absolute atomic E-state index is 12.4. The van der Waals surface area contributed by atoms with Crippen LogP contribution in [-0.4, -0.2) is 56.7 Å². The van der Waals surface area contributed by atoms with Crippen LogP contribution in [0.1, 0.15) is 20.8 Å². The number of hydrogen-bond donors (Lipinski definition) is 0. The topological polar surface area (TPSA) is 80.0 Å². The molecule has 1 fully saturated rings. The Morgan fingerprint density at radius 2 is 2.09 bits per heavy atom. The minimum absolute atomic E-state index is 0.0189. The van der Waals surface area contributed by atoms with Gasteiger partial charge in [-0.3, -0.25) is 14.6 Å². The van der Waals surface area contributed by atoms with E-state index in [2.05, 4.69) is 10.1 Å². The molecule has 0 spiro atoms. The minimum atomic E-state index is -0.581. The van der Waals surface area contributed by atoms with E-state index in [4.69, 9.17) is 4.74 Å².